The number of carbonyl (C=O) groups is 1. The molecule has 5 heteroatoms. The van der Waals surface area contributed by atoms with Gasteiger partial charge in [-0.05, 0) is 33.6 Å². The van der Waals surface area contributed by atoms with Crippen LogP contribution in [0, 0.1) is 5.82 Å². The third kappa shape index (κ3) is 3.62. The van der Waals surface area contributed by atoms with Crippen molar-refractivity contribution >= 4 is 21.8 Å². The Hall–Kier alpha value is -1.72. The normalized spacial score (nSPS) is 10.2. The molecular formula is C14H11BrFNO2. The first-order chi connectivity index (χ1) is 9.18. The summed E-state index contributed by atoms with van der Waals surface area (Å²) in [4.78, 5) is 16.8. The highest BCUT2D eigenvalue weighted by Crippen LogP contribution is 2.18. The fourth-order valence-corrected chi connectivity index (χ4v) is 1.86. The zero-order chi connectivity index (χ0) is 13.7. The first-order valence-electron chi connectivity index (χ1n) is 5.58. The zero-order valence-electron chi connectivity index (χ0n) is 9.90. The van der Waals surface area contributed by atoms with Crippen molar-refractivity contribution in [2.45, 2.75) is 6.61 Å². The van der Waals surface area contributed by atoms with Crippen LogP contribution in [0.2, 0.25) is 0 Å². The summed E-state index contributed by atoms with van der Waals surface area (Å²) in [6.45, 7) is 0.224. The molecule has 1 amide bonds. The van der Waals surface area contributed by atoms with Gasteiger partial charge < -0.3 is 0 Å². The molecule has 0 aliphatic rings. The number of hydrogen-bond acceptors (Lipinski definition) is 2. The van der Waals surface area contributed by atoms with Crippen LogP contribution in [0.4, 0.5) is 4.39 Å². The van der Waals surface area contributed by atoms with Crippen molar-refractivity contribution in [3.05, 3.63) is 69.9 Å². The number of rotatable bonds is 4. The van der Waals surface area contributed by atoms with E-state index in [0.29, 0.717) is 0 Å². The van der Waals surface area contributed by atoms with Crippen LogP contribution in [0.15, 0.2) is 53.0 Å². The monoisotopic (exact) mass is 323 g/mol. The van der Waals surface area contributed by atoms with Crippen molar-refractivity contribution in [3.8, 4) is 0 Å². The van der Waals surface area contributed by atoms with Gasteiger partial charge in [-0.1, -0.05) is 36.4 Å². The van der Waals surface area contributed by atoms with Gasteiger partial charge in [0.1, 0.15) is 5.82 Å². The van der Waals surface area contributed by atoms with Crippen LogP contribution in [0.3, 0.4) is 0 Å². The molecule has 3 nitrogen and oxygen atoms in total. The molecule has 0 radical (unpaired) electrons. The largest absolute Gasteiger partial charge is 0.277 e. The topological polar surface area (TPSA) is 38.3 Å². The SMILES string of the molecule is O=C(NOCc1ccccc1)c1cccc(Br)c1F. The van der Waals surface area contributed by atoms with Crippen molar-refractivity contribution in [1.82, 2.24) is 5.48 Å². The number of amides is 1. The fourth-order valence-electron chi connectivity index (χ4n) is 1.49. The highest BCUT2D eigenvalue weighted by Gasteiger charge is 2.13. The van der Waals surface area contributed by atoms with Gasteiger partial charge >= 0.3 is 0 Å². The van der Waals surface area contributed by atoms with Crippen LogP contribution in [-0.4, -0.2) is 5.91 Å². The summed E-state index contributed by atoms with van der Waals surface area (Å²) in [6, 6.07) is 13.9. The Morgan fingerprint density at radius 1 is 1.16 bits per heavy atom. The molecule has 98 valence electrons. The number of nitrogens with one attached hydrogen (secondary N) is 1. The molecule has 0 spiro atoms. The molecule has 0 aliphatic heterocycles. The van der Waals surface area contributed by atoms with E-state index in [1.54, 1.807) is 6.07 Å². The van der Waals surface area contributed by atoms with Crippen LogP contribution in [0.25, 0.3) is 0 Å². The third-order valence-electron chi connectivity index (χ3n) is 2.44. The average molecular weight is 324 g/mol. The lowest BCUT2D eigenvalue weighted by Crippen LogP contribution is -2.24. The van der Waals surface area contributed by atoms with Crippen LogP contribution in [0.1, 0.15) is 15.9 Å². The van der Waals surface area contributed by atoms with E-state index in [0.717, 1.165) is 5.56 Å². The van der Waals surface area contributed by atoms with Gasteiger partial charge in [-0.3, -0.25) is 9.63 Å². The Morgan fingerprint density at radius 3 is 2.63 bits per heavy atom. The molecule has 19 heavy (non-hydrogen) atoms. The van der Waals surface area contributed by atoms with E-state index >= 15 is 0 Å². The van der Waals surface area contributed by atoms with Gasteiger partial charge in [0.15, 0.2) is 0 Å². The highest BCUT2D eigenvalue weighted by molar-refractivity contribution is 9.10. The predicted octanol–water partition coefficient (Wildman–Crippen LogP) is 3.45. The van der Waals surface area contributed by atoms with Gasteiger partial charge in [0.2, 0.25) is 0 Å². The molecule has 0 aliphatic carbocycles. The van der Waals surface area contributed by atoms with E-state index in [9.17, 15) is 9.18 Å². The second-order valence-corrected chi connectivity index (χ2v) is 4.66. The minimum Gasteiger partial charge on any atom is -0.269 e. The second-order valence-electron chi connectivity index (χ2n) is 3.81. The van der Waals surface area contributed by atoms with Gasteiger partial charge in [0, 0.05) is 0 Å². The van der Waals surface area contributed by atoms with Crippen molar-refractivity contribution in [2.24, 2.45) is 0 Å². The standard InChI is InChI=1S/C14H11BrFNO2/c15-12-8-4-7-11(13(12)16)14(18)17-19-9-10-5-2-1-3-6-10/h1-8H,9H2,(H,17,18). The van der Waals surface area contributed by atoms with Crippen LogP contribution in [0.5, 0.6) is 0 Å². The van der Waals surface area contributed by atoms with E-state index in [1.165, 1.54) is 12.1 Å². The lowest BCUT2D eigenvalue weighted by molar-refractivity contribution is 0.0230. The molecule has 2 rings (SSSR count). The van der Waals surface area contributed by atoms with Gasteiger partial charge in [0.05, 0.1) is 16.6 Å². The maximum Gasteiger partial charge on any atom is 0.277 e. The lowest BCUT2D eigenvalue weighted by atomic mass is 10.2. The summed E-state index contributed by atoms with van der Waals surface area (Å²) >= 11 is 3.02. The highest BCUT2D eigenvalue weighted by atomic mass is 79.9. The summed E-state index contributed by atoms with van der Waals surface area (Å²) in [5, 5.41) is 0. The van der Waals surface area contributed by atoms with Crippen LogP contribution >= 0.6 is 15.9 Å². The maximum absolute atomic E-state index is 13.6. The predicted molar refractivity (Wildman–Crippen MR) is 72.8 cm³/mol. The number of hydrogen-bond donors (Lipinski definition) is 1. The molecule has 2 aromatic rings. The first kappa shape index (κ1) is 13.7. The molecule has 0 saturated heterocycles. The Bertz CT molecular complexity index is 575. The average Bonchev–Trinajstić information content (AvgIpc) is 2.43. The minimum atomic E-state index is -0.616. The van der Waals surface area contributed by atoms with E-state index in [1.807, 2.05) is 30.3 Å². The maximum atomic E-state index is 13.6. The Balaban J connectivity index is 1.93. The summed E-state index contributed by atoms with van der Waals surface area (Å²) in [6.07, 6.45) is 0. The summed E-state index contributed by atoms with van der Waals surface area (Å²) in [5.74, 6) is -1.22. The van der Waals surface area contributed by atoms with Crippen molar-refractivity contribution < 1.29 is 14.0 Å². The second kappa shape index (κ2) is 6.45. The molecule has 1 N–H and O–H groups in total. The first-order valence-corrected chi connectivity index (χ1v) is 6.38. The summed E-state index contributed by atoms with van der Waals surface area (Å²) < 4.78 is 13.9. The Kier molecular flexibility index (Phi) is 4.65. The molecule has 0 unspecified atom stereocenters. The van der Waals surface area contributed by atoms with E-state index in [-0.39, 0.29) is 16.6 Å². The number of halogens is 2. The molecular weight excluding hydrogens is 313 g/mol. The van der Waals surface area contributed by atoms with Gasteiger partial charge in [-0.25, -0.2) is 9.87 Å². The van der Waals surface area contributed by atoms with Crippen molar-refractivity contribution in [1.29, 1.82) is 0 Å². The number of benzene rings is 2. The van der Waals surface area contributed by atoms with Gasteiger partial charge in [0.25, 0.3) is 5.91 Å². The van der Waals surface area contributed by atoms with E-state index in [2.05, 4.69) is 21.4 Å². The van der Waals surface area contributed by atoms with E-state index in [4.69, 9.17) is 4.84 Å². The van der Waals surface area contributed by atoms with Gasteiger partial charge in [-0.2, -0.15) is 0 Å². The van der Waals surface area contributed by atoms with Crippen molar-refractivity contribution in [3.63, 3.8) is 0 Å². The molecule has 0 aromatic heterocycles. The van der Waals surface area contributed by atoms with Gasteiger partial charge in [-0.15, -0.1) is 0 Å². The Labute approximate surface area is 118 Å². The minimum absolute atomic E-state index is 0.0672. The Morgan fingerprint density at radius 2 is 1.89 bits per heavy atom. The van der Waals surface area contributed by atoms with E-state index < -0.39 is 11.7 Å². The van der Waals surface area contributed by atoms with Crippen LogP contribution in [-0.2, 0) is 11.4 Å². The van der Waals surface area contributed by atoms with Crippen LogP contribution < -0.4 is 5.48 Å². The number of hydroxylamine groups is 1. The quantitative estimate of drug-likeness (QED) is 0.875. The molecule has 0 atom stereocenters. The molecule has 2 aromatic carbocycles. The lowest BCUT2D eigenvalue weighted by Gasteiger charge is -2.07. The third-order valence-corrected chi connectivity index (χ3v) is 3.06. The smallest absolute Gasteiger partial charge is 0.269 e. The molecule has 0 bridgehead atoms. The number of carbonyl (C=O) groups excluding carboxylic acids is 1. The van der Waals surface area contributed by atoms with Crippen molar-refractivity contribution in [2.75, 3.05) is 0 Å². The molecule has 0 fully saturated rings. The molecule has 0 heterocycles. The fraction of sp³-hybridized carbons (Fsp3) is 0.0714. The zero-order valence-corrected chi connectivity index (χ0v) is 11.5. The molecule has 0 saturated carbocycles. The summed E-state index contributed by atoms with van der Waals surface area (Å²) in [7, 11) is 0. The summed E-state index contributed by atoms with van der Waals surface area (Å²) in [5.41, 5.74) is 3.06.